The van der Waals surface area contributed by atoms with E-state index in [9.17, 15) is 9.90 Å². The number of benzene rings is 3. The van der Waals surface area contributed by atoms with Crippen molar-refractivity contribution in [1.82, 2.24) is 4.90 Å². The maximum Gasteiger partial charge on any atom is 0.333 e. The molecule has 0 aliphatic heterocycles. The van der Waals surface area contributed by atoms with E-state index >= 15 is 0 Å². The third-order valence-corrected chi connectivity index (χ3v) is 5.59. The molecule has 0 aromatic heterocycles. The molecule has 0 heterocycles. The summed E-state index contributed by atoms with van der Waals surface area (Å²) in [5.41, 5.74) is 3.74. The third kappa shape index (κ3) is 6.91. The van der Waals surface area contributed by atoms with Crippen molar-refractivity contribution in [3.63, 3.8) is 0 Å². The molecule has 0 spiro atoms. The summed E-state index contributed by atoms with van der Waals surface area (Å²) < 4.78 is 4.80. The molecule has 1 N–H and O–H groups in total. The summed E-state index contributed by atoms with van der Waals surface area (Å²) in [5.74, 6) is -0.486. The first kappa shape index (κ1) is 23.5. The Morgan fingerprint density at radius 1 is 0.844 bits per heavy atom. The molecule has 0 aliphatic rings. The quantitative estimate of drug-likeness (QED) is 0.352. The van der Waals surface area contributed by atoms with E-state index in [2.05, 4.69) is 47.9 Å². The second-order valence-corrected chi connectivity index (χ2v) is 8.00. The zero-order valence-corrected chi connectivity index (χ0v) is 18.6. The Labute approximate surface area is 190 Å². The highest BCUT2D eigenvalue weighted by molar-refractivity contribution is 5.87. The van der Waals surface area contributed by atoms with Crippen LogP contribution in [0.25, 0.3) is 0 Å². The van der Waals surface area contributed by atoms with E-state index in [4.69, 9.17) is 4.74 Å². The molecule has 3 aromatic carbocycles. The molecule has 0 bridgehead atoms. The zero-order valence-electron chi connectivity index (χ0n) is 18.6. The highest BCUT2D eigenvalue weighted by atomic mass is 16.5. The summed E-state index contributed by atoms with van der Waals surface area (Å²) >= 11 is 0. The van der Waals surface area contributed by atoms with Crippen molar-refractivity contribution < 1.29 is 14.6 Å². The molecular formula is C28H31NO3. The van der Waals surface area contributed by atoms with Crippen LogP contribution < -0.4 is 0 Å². The van der Waals surface area contributed by atoms with Gasteiger partial charge in [0.1, 0.15) is 0 Å². The van der Waals surface area contributed by atoms with Gasteiger partial charge in [-0.1, -0.05) is 97.6 Å². The Morgan fingerprint density at radius 2 is 1.28 bits per heavy atom. The average molecular weight is 430 g/mol. The van der Waals surface area contributed by atoms with E-state index < -0.39 is 12.1 Å². The fourth-order valence-electron chi connectivity index (χ4n) is 3.91. The second kappa shape index (κ2) is 12.0. The van der Waals surface area contributed by atoms with E-state index in [1.807, 2.05) is 54.6 Å². The normalized spacial score (nSPS) is 12.8. The summed E-state index contributed by atoms with van der Waals surface area (Å²) in [7, 11) is 1.33. The Bertz CT molecular complexity index is 932. The van der Waals surface area contributed by atoms with Crippen molar-refractivity contribution in [3.05, 3.63) is 120 Å². The number of hydrogen-bond acceptors (Lipinski definition) is 4. The van der Waals surface area contributed by atoms with Crippen molar-refractivity contribution in [2.24, 2.45) is 0 Å². The van der Waals surface area contributed by atoms with Gasteiger partial charge in [0.05, 0.1) is 13.2 Å². The summed E-state index contributed by atoms with van der Waals surface area (Å²) in [6.07, 6.45) is 0.0228. The Morgan fingerprint density at radius 3 is 1.72 bits per heavy atom. The number of hydrogen-bond donors (Lipinski definition) is 1. The predicted molar refractivity (Wildman–Crippen MR) is 128 cm³/mol. The summed E-state index contributed by atoms with van der Waals surface area (Å²) in [4.78, 5) is 14.2. The fourth-order valence-corrected chi connectivity index (χ4v) is 3.91. The molecule has 4 heteroatoms. The molecule has 32 heavy (non-hydrogen) atoms. The lowest BCUT2D eigenvalue weighted by atomic mass is 9.94. The van der Waals surface area contributed by atoms with Crippen LogP contribution in [0.15, 0.2) is 103 Å². The van der Waals surface area contributed by atoms with E-state index in [0.29, 0.717) is 19.5 Å². The van der Waals surface area contributed by atoms with Crippen LogP contribution in [-0.2, 0) is 29.0 Å². The monoisotopic (exact) mass is 429 g/mol. The topological polar surface area (TPSA) is 49.8 Å². The highest BCUT2D eigenvalue weighted by Crippen LogP contribution is 2.22. The number of carbonyl (C=O) groups excluding carboxylic acids is 1. The molecule has 0 saturated heterocycles. The number of rotatable bonds is 11. The van der Waals surface area contributed by atoms with Crippen LogP contribution in [0.4, 0.5) is 0 Å². The molecule has 0 amide bonds. The summed E-state index contributed by atoms with van der Waals surface area (Å²) in [6.45, 7) is 5.18. The molecule has 3 aromatic rings. The van der Waals surface area contributed by atoms with Gasteiger partial charge in [0, 0.05) is 31.1 Å². The minimum atomic E-state index is -0.783. The first-order valence-electron chi connectivity index (χ1n) is 10.9. The van der Waals surface area contributed by atoms with Crippen LogP contribution in [-0.4, -0.2) is 35.2 Å². The third-order valence-electron chi connectivity index (χ3n) is 5.59. The lowest BCUT2D eigenvalue weighted by Crippen LogP contribution is -2.45. The van der Waals surface area contributed by atoms with Crippen molar-refractivity contribution in [3.8, 4) is 0 Å². The molecule has 0 radical (unpaired) electrons. The molecular weight excluding hydrogens is 398 g/mol. The maximum atomic E-state index is 11.9. The van der Waals surface area contributed by atoms with Crippen LogP contribution in [0, 0.1) is 0 Å². The second-order valence-electron chi connectivity index (χ2n) is 8.00. The lowest BCUT2D eigenvalue weighted by Gasteiger charge is -2.35. The van der Waals surface area contributed by atoms with Crippen LogP contribution in [0.5, 0.6) is 0 Å². The maximum absolute atomic E-state index is 11.9. The van der Waals surface area contributed by atoms with Gasteiger partial charge in [-0.3, -0.25) is 4.90 Å². The van der Waals surface area contributed by atoms with E-state index in [0.717, 1.165) is 5.56 Å². The van der Waals surface area contributed by atoms with Crippen molar-refractivity contribution in [2.45, 2.75) is 38.1 Å². The molecule has 0 aliphatic carbocycles. The van der Waals surface area contributed by atoms with Gasteiger partial charge in [-0.05, 0) is 23.1 Å². The van der Waals surface area contributed by atoms with Gasteiger partial charge in [0.25, 0.3) is 0 Å². The van der Waals surface area contributed by atoms with Crippen LogP contribution in [0.1, 0.15) is 23.1 Å². The number of aliphatic hydroxyl groups is 1. The zero-order chi connectivity index (χ0) is 22.8. The predicted octanol–water partition coefficient (Wildman–Crippen LogP) is 4.78. The molecule has 0 saturated carbocycles. The van der Waals surface area contributed by atoms with Gasteiger partial charge < -0.3 is 9.84 Å². The fraction of sp³-hybridized carbons (Fsp3) is 0.250. The summed E-state index contributed by atoms with van der Waals surface area (Å²) in [5, 5.41) is 11.3. The minimum Gasteiger partial charge on any atom is -0.466 e. The molecule has 4 nitrogen and oxygen atoms in total. The van der Waals surface area contributed by atoms with Gasteiger partial charge in [0.2, 0.25) is 0 Å². The number of ether oxygens (including phenoxy) is 1. The molecule has 3 rings (SSSR count). The van der Waals surface area contributed by atoms with Gasteiger partial charge in [-0.15, -0.1) is 0 Å². The van der Waals surface area contributed by atoms with Gasteiger partial charge in [-0.25, -0.2) is 4.79 Å². The van der Waals surface area contributed by atoms with E-state index in [-0.39, 0.29) is 18.0 Å². The Hall–Kier alpha value is -3.21. The number of aliphatic hydroxyl groups excluding tert-OH is 1. The standard InChI is InChI=1S/C28H31NO3/c1-22(28(31)32-2)18-27(30)26(19-23-12-6-3-7-13-23)29(20-24-14-8-4-9-15-24)21-25-16-10-5-11-17-25/h3-17,26-27,30H,1,18-21H2,2H3/t26-,27-/m0/s1. The molecule has 0 fully saturated rings. The van der Waals surface area contributed by atoms with Crippen LogP contribution in [0.2, 0.25) is 0 Å². The first-order valence-corrected chi connectivity index (χ1v) is 10.9. The van der Waals surface area contributed by atoms with E-state index in [1.54, 1.807) is 0 Å². The Balaban J connectivity index is 1.92. The average Bonchev–Trinajstić information content (AvgIpc) is 2.83. The van der Waals surface area contributed by atoms with Gasteiger partial charge in [-0.2, -0.15) is 0 Å². The number of nitrogens with zero attached hydrogens (tertiary/aromatic N) is 1. The summed E-state index contributed by atoms with van der Waals surface area (Å²) in [6, 6.07) is 30.4. The van der Waals surface area contributed by atoms with Crippen molar-refractivity contribution in [1.29, 1.82) is 0 Å². The molecule has 166 valence electrons. The van der Waals surface area contributed by atoms with Crippen molar-refractivity contribution in [2.75, 3.05) is 7.11 Å². The first-order chi connectivity index (χ1) is 15.6. The van der Waals surface area contributed by atoms with Gasteiger partial charge in [0.15, 0.2) is 0 Å². The van der Waals surface area contributed by atoms with Crippen LogP contribution >= 0.6 is 0 Å². The SMILES string of the molecule is C=C(C[C@H](O)[C@H](Cc1ccccc1)N(Cc1ccccc1)Cc1ccccc1)C(=O)OC. The number of carbonyl (C=O) groups is 1. The van der Waals surface area contributed by atoms with Gasteiger partial charge >= 0.3 is 5.97 Å². The number of esters is 1. The largest absolute Gasteiger partial charge is 0.466 e. The minimum absolute atomic E-state index is 0.157. The smallest absolute Gasteiger partial charge is 0.333 e. The lowest BCUT2D eigenvalue weighted by molar-refractivity contribution is -0.136. The highest BCUT2D eigenvalue weighted by Gasteiger charge is 2.28. The van der Waals surface area contributed by atoms with Crippen LogP contribution in [0.3, 0.4) is 0 Å². The van der Waals surface area contributed by atoms with E-state index in [1.165, 1.54) is 18.2 Å². The molecule has 2 atom stereocenters. The van der Waals surface area contributed by atoms with Crippen molar-refractivity contribution >= 4 is 5.97 Å². The Kier molecular flexibility index (Phi) is 8.79. The molecule has 0 unspecified atom stereocenters. The number of methoxy groups -OCH3 is 1.